The lowest BCUT2D eigenvalue weighted by molar-refractivity contribution is 0.268. The van der Waals surface area contributed by atoms with E-state index < -0.39 is 0 Å². The topological polar surface area (TPSA) is 24.5 Å². The molecule has 112 valence electrons. The summed E-state index contributed by atoms with van der Waals surface area (Å²) in [5.74, 6) is 0.903. The van der Waals surface area contributed by atoms with Crippen molar-refractivity contribution in [3.05, 3.63) is 60.2 Å². The zero-order valence-corrected chi connectivity index (χ0v) is 13.0. The minimum absolute atomic E-state index is 0.208. The van der Waals surface area contributed by atoms with E-state index in [4.69, 9.17) is 4.74 Å². The smallest absolute Gasteiger partial charge is 0.121 e. The second kappa shape index (κ2) is 7.70. The van der Waals surface area contributed by atoms with Gasteiger partial charge in [-0.25, -0.2) is 0 Å². The zero-order chi connectivity index (χ0) is 15.1. The molecule has 2 rings (SSSR count). The van der Waals surface area contributed by atoms with Crippen LogP contribution < -0.4 is 15.0 Å². The van der Waals surface area contributed by atoms with Gasteiger partial charge in [0.15, 0.2) is 0 Å². The molecule has 1 N–H and O–H groups in total. The standard InChI is InChI=1S/C18H24N2O/c1-4-19-18(15-9-6-5-7-10-15)14-21-17-12-8-11-16(13-17)20(2)3/h5-13,18-19H,4,14H2,1-3H3. The van der Waals surface area contributed by atoms with Crippen LogP contribution in [0.5, 0.6) is 5.75 Å². The van der Waals surface area contributed by atoms with Crippen LogP contribution in [0, 0.1) is 0 Å². The van der Waals surface area contributed by atoms with E-state index in [1.807, 2.05) is 32.3 Å². The van der Waals surface area contributed by atoms with Gasteiger partial charge in [-0.2, -0.15) is 0 Å². The monoisotopic (exact) mass is 284 g/mol. The fourth-order valence-electron chi connectivity index (χ4n) is 2.24. The first-order chi connectivity index (χ1) is 10.2. The third-order valence-electron chi connectivity index (χ3n) is 3.40. The van der Waals surface area contributed by atoms with Crippen LogP contribution in [-0.4, -0.2) is 27.2 Å². The highest BCUT2D eigenvalue weighted by atomic mass is 16.5. The van der Waals surface area contributed by atoms with E-state index >= 15 is 0 Å². The van der Waals surface area contributed by atoms with Crippen molar-refractivity contribution in [1.82, 2.24) is 5.32 Å². The van der Waals surface area contributed by atoms with Crippen molar-refractivity contribution in [1.29, 1.82) is 0 Å². The molecule has 0 spiro atoms. The van der Waals surface area contributed by atoms with E-state index in [0.29, 0.717) is 6.61 Å². The van der Waals surface area contributed by atoms with E-state index in [1.54, 1.807) is 0 Å². The van der Waals surface area contributed by atoms with Crippen LogP contribution in [-0.2, 0) is 0 Å². The van der Waals surface area contributed by atoms with Gasteiger partial charge in [0.1, 0.15) is 12.4 Å². The molecule has 0 saturated heterocycles. The average molecular weight is 284 g/mol. The Hall–Kier alpha value is -2.00. The Kier molecular flexibility index (Phi) is 5.64. The third-order valence-corrected chi connectivity index (χ3v) is 3.40. The van der Waals surface area contributed by atoms with Crippen LogP contribution in [0.4, 0.5) is 5.69 Å². The molecular weight excluding hydrogens is 260 g/mol. The molecule has 1 atom stereocenters. The van der Waals surface area contributed by atoms with Crippen molar-refractivity contribution in [2.45, 2.75) is 13.0 Å². The van der Waals surface area contributed by atoms with Gasteiger partial charge < -0.3 is 15.0 Å². The lowest BCUT2D eigenvalue weighted by Crippen LogP contribution is -2.26. The van der Waals surface area contributed by atoms with Gasteiger partial charge in [0.05, 0.1) is 6.04 Å². The molecule has 0 fully saturated rings. The van der Waals surface area contributed by atoms with Gasteiger partial charge in [0, 0.05) is 25.8 Å². The fourth-order valence-corrected chi connectivity index (χ4v) is 2.24. The Bertz CT molecular complexity index is 540. The maximum Gasteiger partial charge on any atom is 0.121 e. The molecule has 1 unspecified atom stereocenters. The number of hydrogen-bond donors (Lipinski definition) is 1. The third kappa shape index (κ3) is 4.50. The predicted octanol–water partition coefficient (Wildman–Crippen LogP) is 3.48. The lowest BCUT2D eigenvalue weighted by Gasteiger charge is -2.20. The van der Waals surface area contributed by atoms with Gasteiger partial charge in [-0.3, -0.25) is 0 Å². The molecular formula is C18H24N2O. The molecule has 21 heavy (non-hydrogen) atoms. The summed E-state index contributed by atoms with van der Waals surface area (Å²) in [6.45, 7) is 3.65. The fraction of sp³-hybridized carbons (Fsp3) is 0.333. The van der Waals surface area contributed by atoms with Crippen LogP contribution in [0.25, 0.3) is 0 Å². The highest BCUT2D eigenvalue weighted by Crippen LogP contribution is 2.21. The number of ether oxygens (including phenoxy) is 1. The van der Waals surface area contributed by atoms with Crippen molar-refractivity contribution in [2.75, 3.05) is 32.1 Å². The number of rotatable bonds is 7. The largest absolute Gasteiger partial charge is 0.492 e. The first-order valence-corrected chi connectivity index (χ1v) is 7.39. The number of likely N-dealkylation sites (N-methyl/N-ethyl adjacent to an activating group) is 1. The van der Waals surface area contributed by atoms with Crippen LogP contribution in [0.1, 0.15) is 18.5 Å². The summed E-state index contributed by atoms with van der Waals surface area (Å²) in [7, 11) is 4.06. The molecule has 0 aromatic heterocycles. The van der Waals surface area contributed by atoms with Crippen molar-refractivity contribution >= 4 is 5.69 Å². The summed E-state index contributed by atoms with van der Waals surface area (Å²) in [5, 5.41) is 3.47. The molecule has 3 nitrogen and oxygen atoms in total. The molecule has 0 amide bonds. The van der Waals surface area contributed by atoms with Gasteiger partial charge in [-0.15, -0.1) is 0 Å². The quantitative estimate of drug-likeness (QED) is 0.842. The van der Waals surface area contributed by atoms with Crippen LogP contribution >= 0.6 is 0 Å². The molecule has 0 radical (unpaired) electrons. The number of nitrogens with one attached hydrogen (secondary N) is 1. The van der Waals surface area contributed by atoms with Gasteiger partial charge in [0.2, 0.25) is 0 Å². The summed E-state index contributed by atoms with van der Waals surface area (Å²) in [6, 6.07) is 18.8. The molecule has 0 aliphatic heterocycles. The molecule has 0 aliphatic carbocycles. The van der Waals surface area contributed by atoms with Gasteiger partial charge in [-0.1, -0.05) is 43.3 Å². The maximum absolute atomic E-state index is 5.98. The summed E-state index contributed by atoms with van der Waals surface area (Å²) in [4.78, 5) is 2.08. The minimum atomic E-state index is 0.208. The van der Waals surface area contributed by atoms with E-state index in [1.165, 1.54) is 5.56 Å². The van der Waals surface area contributed by atoms with Gasteiger partial charge in [0.25, 0.3) is 0 Å². The summed E-state index contributed by atoms with van der Waals surface area (Å²) in [5.41, 5.74) is 2.40. The van der Waals surface area contributed by atoms with E-state index in [0.717, 1.165) is 18.0 Å². The predicted molar refractivity (Wildman–Crippen MR) is 89.1 cm³/mol. The molecule has 3 heteroatoms. The lowest BCUT2D eigenvalue weighted by atomic mass is 10.1. The molecule has 2 aromatic rings. The van der Waals surface area contributed by atoms with Crippen molar-refractivity contribution in [3.8, 4) is 5.75 Å². The SMILES string of the molecule is CCNC(COc1cccc(N(C)C)c1)c1ccccc1. The van der Waals surface area contributed by atoms with Crippen LogP contribution in [0.3, 0.4) is 0 Å². The van der Waals surface area contributed by atoms with E-state index in [2.05, 4.69) is 53.5 Å². The number of nitrogens with zero attached hydrogens (tertiary/aromatic N) is 1. The van der Waals surface area contributed by atoms with Gasteiger partial charge >= 0.3 is 0 Å². The second-order valence-corrected chi connectivity index (χ2v) is 5.22. The van der Waals surface area contributed by atoms with Crippen molar-refractivity contribution < 1.29 is 4.74 Å². The second-order valence-electron chi connectivity index (χ2n) is 5.22. The summed E-state index contributed by atoms with van der Waals surface area (Å²) >= 11 is 0. The highest BCUT2D eigenvalue weighted by molar-refractivity contribution is 5.49. The Labute approximate surface area is 127 Å². The summed E-state index contributed by atoms with van der Waals surface area (Å²) in [6.07, 6.45) is 0. The van der Waals surface area contributed by atoms with Gasteiger partial charge in [-0.05, 0) is 24.2 Å². The van der Waals surface area contributed by atoms with Crippen molar-refractivity contribution in [2.24, 2.45) is 0 Å². The molecule has 2 aromatic carbocycles. The number of anilines is 1. The molecule has 0 aliphatic rings. The highest BCUT2D eigenvalue weighted by Gasteiger charge is 2.10. The van der Waals surface area contributed by atoms with Crippen molar-refractivity contribution in [3.63, 3.8) is 0 Å². The van der Waals surface area contributed by atoms with E-state index in [-0.39, 0.29) is 6.04 Å². The first kappa shape index (κ1) is 15.4. The number of hydrogen-bond acceptors (Lipinski definition) is 3. The number of benzene rings is 2. The van der Waals surface area contributed by atoms with Crippen LogP contribution in [0.2, 0.25) is 0 Å². The first-order valence-electron chi connectivity index (χ1n) is 7.39. The molecule has 0 bridgehead atoms. The van der Waals surface area contributed by atoms with Crippen LogP contribution in [0.15, 0.2) is 54.6 Å². The normalized spacial score (nSPS) is 12.0. The minimum Gasteiger partial charge on any atom is -0.492 e. The molecule has 0 heterocycles. The molecule has 0 saturated carbocycles. The Morgan fingerprint density at radius 1 is 1.05 bits per heavy atom. The Morgan fingerprint density at radius 3 is 2.48 bits per heavy atom. The zero-order valence-electron chi connectivity index (χ0n) is 13.0. The van der Waals surface area contributed by atoms with E-state index in [9.17, 15) is 0 Å². The Morgan fingerprint density at radius 2 is 1.81 bits per heavy atom. The Balaban J connectivity index is 2.03. The maximum atomic E-state index is 5.98. The summed E-state index contributed by atoms with van der Waals surface area (Å²) < 4.78 is 5.98. The average Bonchev–Trinajstić information content (AvgIpc) is 2.52.